The second-order valence-corrected chi connectivity index (χ2v) is 4.70. The summed E-state index contributed by atoms with van der Waals surface area (Å²) in [5.41, 5.74) is 7.08. The molecule has 1 aromatic carbocycles. The molecule has 0 aliphatic carbocycles. The van der Waals surface area contributed by atoms with Crippen molar-refractivity contribution in [3.05, 3.63) is 29.8 Å². The topological polar surface area (TPSA) is 72.5 Å². The molecule has 94 valence electrons. The minimum absolute atomic E-state index is 0.230. The van der Waals surface area contributed by atoms with Gasteiger partial charge < -0.3 is 15.6 Å². The fraction of sp³-hybridized carbons (Fsp3) is 0.417. The average Bonchev–Trinajstić information content (AvgIpc) is 2.34. The van der Waals surface area contributed by atoms with Gasteiger partial charge >= 0.3 is 5.97 Å². The maximum absolute atomic E-state index is 10.9. The van der Waals surface area contributed by atoms with Crippen LogP contribution in [0.5, 0.6) is 0 Å². The van der Waals surface area contributed by atoms with E-state index in [9.17, 15) is 9.90 Å². The monoisotopic (exact) mass is 255 g/mol. The number of hydrogen-bond donors (Lipinski definition) is 2. The van der Waals surface area contributed by atoms with Gasteiger partial charge in [0.15, 0.2) is 0 Å². The lowest BCUT2D eigenvalue weighted by Crippen LogP contribution is -2.06. The van der Waals surface area contributed by atoms with Crippen LogP contribution in [0.4, 0.5) is 5.69 Å². The van der Waals surface area contributed by atoms with Crippen LogP contribution in [0.3, 0.4) is 0 Å². The molecule has 0 amide bonds. The molecular weight excluding hydrogens is 238 g/mol. The van der Waals surface area contributed by atoms with Crippen molar-refractivity contribution in [2.45, 2.75) is 12.5 Å². The van der Waals surface area contributed by atoms with Gasteiger partial charge in [0.1, 0.15) is 0 Å². The first kappa shape index (κ1) is 13.9. The van der Waals surface area contributed by atoms with E-state index in [0.717, 1.165) is 5.56 Å². The van der Waals surface area contributed by atoms with Crippen molar-refractivity contribution in [3.63, 3.8) is 0 Å². The molecule has 0 heterocycles. The number of benzene rings is 1. The molecule has 0 aliphatic heterocycles. The minimum Gasteiger partial charge on any atom is -0.469 e. The Morgan fingerprint density at radius 2 is 2.24 bits per heavy atom. The summed E-state index contributed by atoms with van der Waals surface area (Å²) in [6.45, 7) is 0. The van der Waals surface area contributed by atoms with Gasteiger partial charge in [0.25, 0.3) is 0 Å². The molecule has 17 heavy (non-hydrogen) atoms. The predicted octanol–water partition coefficient (Wildman–Crippen LogP) is 1.60. The average molecular weight is 255 g/mol. The summed E-state index contributed by atoms with van der Waals surface area (Å²) < 4.78 is 4.53. The number of aliphatic hydroxyl groups excluding tert-OH is 1. The van der Waals surface area contributed by atoms with Gasteiger partial charge in [-0.3, -0.25) is 4.79 Å². The molecule has 3 N–H and O–H groups in total. The highest BCUT2D eigenvalue weighted by atomic mass is 32.2. The molecule has 0 aromatic heterocycles. The minimum atomic E-state index is -0.598. The lowest BCUT2D eigenvalue weighted by atomic mass is 10.1. The Kier molecular flexibility index (Phi) is 5.86. The van der Waals surface area contributed by atoms with Crippen LogP contribution in [0.15, 0.2) is 24.3 Å². The van der Waals surface area contributed by atoms with E-state index in [4.69, 9.17) is 5.73 Å². The first-order valence-corrected chi connectivity index (χ1v) is 6.47. The van der Waals surface area contributed by atoms with Crippen LogP contribution < -0.4 is 5.73 Å². The van der Waals surface area contributed by atoms with Crippen LogP contribution in [0.1, 0.15) is 18.1 Å². The van der Waals surface area contributed by atoms with Crippen LogP contribution in [0.25, 0.3) is 0 Å². The first-order valence-electron chi connectivity index (χ1n) is 5.32. The standard InChI is InChI=1S/C12H17NO3S/c1-16-12(15)6-7-17-8-11(14)9-4-2-3-5-10(9)13/h2-5,11,14H,6-8,13H2,1H3. The van der Waals surface area contributed by atoms with Crippen LogP contribution in [-0.2, 0) is 9.53 Å². The molecule has 0 fully saturated rings. The van der Waals surface area contributed by atoms with Gasteiger partial charge in [0.2, 0.25) is 0 Å². The third-order valence-corrected chi connectivity index (χ3v) is 3.35. The van der Waals surface area contributed by atoms with Crippen molar-refractivity contribution in [1.82, 2.24) is 0 Å². The van der Waals surface area contributed by atoms with Crippen molar-refractivity contribution in [1.29, 1.82) is 0 Å². The third-order valence-electron chi connectivity index (χ3n) is 2.31. The van der Waals surface area contributed by atoms with E-state index in [1.54, 1.807) is 12.1 Å². The van der Waals surface area contributed by atoms with Gasteiger partial charge in [-0.1, -0.05) is 18.2 Å². The molecule has 1 rings (SSSR count). The number of thioether (sulfide) groups is 1. The molecular formula is C12H17NO3S. The number of hydrogen-bond acceptors (Lipinski definition) is 5. The fourth-order valence-electron chi connectivity index (χ4n) is 1.36. The maximum Gasteiger partial charge on any atom is 0.306 e. The molecule has 0 spiro atoms. The third kappa shape index (κ3) is 4.66. The number of methoxy groups -OCH3 is 1. The molecule has 0 aliphatic rings. The van der Waals surface area contributed by atoms with Gasteiger partial charge in [-0.05, 0) is 6.07 Å². The predicted molar refractivity (Wildman–Crippen MR) is 69.8 cm³/mol. The Bertz CT molecular complexity index is 371. The van der Waals surface area contributed by atoms with Gasteiger partial charge in [-0.2, -0.15) is 11.8 Å². The molecule has 0 saturated heterocycles. The largest absolute Gasteiger partial charge is 0.469 e. The summed E-state index contributed by atoms with van der Waals surface area (Å²) in [6.07, 6.45) is -0.239. The fourth-order valence-corrected chi connectivity index (χ4v) is 2.24. The van der Waals surface area contributed by atoms with Gasteiger partial charge in [0, 0.05) is 22.8 Å². The van der Waals surface area contributed by atoms with Gasteiger partial charge in [-0.25, -0.2) is 0 Å². The number of carbonyl (C=O) groups excluding carboxylic acids is 1. The number of carbonyl (C=O) groups is 1. The Hall–Kier alpha value is -1.20. The van der Waals surface area contributed by atoms with E-state index in [2.05, 4.69) is 4.74 Å². The molecule has 1 unspecified atom stereocenters. The van der Waals surface area contributed by atoms with E-state index in [-0.39, 0.29) is 5.97 Å². The zero-order valence-corrected chi connectivity index (χ0v) is 10.6. The highest BCUT2D eigenvalue weighted by molar-refractivity contribution is 7.99. The first-order chi connectivity index (χ1) is 8.15. The molecule has 1 aromatic rings. The zero-order chi connectivity index (χ0) is 12.7. The van der Waals surface area contributed by atoms with E-state index in [0.29, 0.717) is 23.6 Å². The molecule has 1 atom stereocenters. The molecule has 0 bridgehead atoms. The number of rotatable bonds is 6. The summed E-state index contributed by atoms with van der Waals surface area (Å²) in [4.78, 5) is 10.9. The smallest absolute Gasteiger partial charge is 0.306 e. The Morgan fingerprint density at radius 1 is 1.53 bits per heavy atom. The quantitative estimate of drug-likeness (QED) is 0.459. The number of para-hydroxylation sites is 1. The Balaban J connectivity index is 2.33. The highest BCUT2D eigenvalue weighted by Crippen LogP contribution is 2.23. The number of aliphatic hydroxyl groups is 1. The number of nitrogens with two attached hydrogens (primary N) is 1. The van der Waals surface area contributed by atoms with Crippen LogP contribution in [0.2, 0.25) is 0 Å². The Labute approximate surface area is 105 Å². The number of nitrogen functional groups attached to an aromatic ring is 1. The lowest BCUT2D eigenvalue weighted by molar-refractivity contribution is -0.140. The zero-order valence-electron chi connectivity index (χ0n) is 9.76. The summed E-state index contributed by atoms with van der Waals surface area (Å²) in [5.74, 6) is 0.924. The molecule has 5 heteroatoms. The van der Waals surface area contributed by atoms with E-state index < -0.39 is 6.10 Å². The van der Waals surface area contributed by atoms with Gasteiger partial charge in [-0.15, -0.1) is 0 Å². The van der Waals surface area contributed by atoms with Crippen molar-refractivity contribution in [2.24, 2.45) is 0 Å². The molecule has 4 nitrogen and oxygen atoms in total. The number of esters is 1. The lowest BCUT2D eigenvalue weighted by Gasteiger charge is -2.12. The van der Waals surface area contributed by atoms with Crippen molar-refractivity contribution in [3.8, 4) is 0 Å². The van der Waals surface area contributed by atoms with Crippen molar-refractivity contribution >= 4 is 23.4 Å². The van der Waals surface area contributed by atoms with Crippen molar-refractivity contribution < 1.29 is 14.6 Å². The molecule has 0 saturated carbocycles. The number of anilines is 1. The van der Waals surface area contributed by atoms with E-state index >= 15 is 0 Å². The summed E-state index contributed by atoms with van der Waals surface area (Å²) in [7, 11) is 1.37. The van der Waals surface area contributed by atoms with Gasteiger partial charge in [0.05, 0.1) is 19.6 Å². The summed E-state index contributed by atoms with van der Waals surface area (Å²) in [5, 5.41) is 9.91. The summed E-state index contributed by atoms with van der Waals surface area (Å²) in [6, 6.07) is 7.24. The Morgan fingerprint density at radius 3 is 2.88 bits per heavy atom. The highest BCUT2D eigenvalue weighted by Gasteiger charge is 2.10. The van der Waals surface area contributed by atoms with E-state index in [1.807, 2.05) is 12.1 Å². The summed E-state index contributed by atoms with van der Waals surface area (Å²) >= 11 is 1.50. The second kappa shape index (κ2) is 7.19. The normalized spacial score (nSPS) is 12.1. The van der Waals surface area contributed by atoms with Crippen LogP contribution >= 0.6 is 11.8 Å². The SMILES string of the molecule is COC(=O)CCSCC(O)c1ccccc1N. The number of ether oxygens (including phenoxy) is 1. The molecule has 0 radical (unpaired) electrons. The van der Waals surface area contributed by atoms with E-state index in [1.165, 1.54) is 18.9 Å². The van der Waals surface area contributed by atoms with Crippen molar-refractivity contribution in [2.75, 3.05) is 24.3 Å². The second-order valence-electron chi connectivity index (χ2n) is 3.55. The van der Waals surface area contributed by atoms with Crippen LogP contribution in [0, 0.1) is 0 Å². The van der Waals surface area contributed by atoms with Crippen LogP contribution in [-0.4, -0.2) is 29.7 Å². The maximum atomic E-state index is 10.9.